The van der Waals surface area contributed by atoms with Crippen LogP contribution in [0.25, 0.3) is 0 Å². The number of hydrogen-bond acceptors (Lipinski definition) is 2. The second-order valence-corrected chi connectivity index (χ2v) is 4.76. The molecule has 20 heavy (non-hydrogen) atoms. The molecule has 0 aliphatic carbocycles. The molecule has 0 fully saturated rings. The Morgan fingerprint density at radius 2 is 2.05 bits per heavy atom. The van der Waals surface area contributed by atoms with Crippen molar-refractivity contribution in [3.63, 3.8) is 0 Å². The Morgan fingerprint density at radius 1 is 1.30 bits per heavy atom. The highest BCUT2D eigenvalue weighted by Gasteiger charge is 2.08. The van der Waals surface area contributed by atoms with Crippen molar-refractivity contribution in [2.45, 2.75) is 13.5 Å². The summed E-state index contributed by atoms with van der Waals surface area (Å²) in [6, 6.07) is 8.77. The number of halogens is 2. The lowest BCUT2D eigenvalue weighted by atomic mass is 10.1. The van der Waals surface area contributed by atoms with Gasteiger partial charge in [-0.2, -0.15) is 0 Å². The van der Waals surface area contributed by atoms with Gasteiger partial charge in [-0.25, -0.2) is 9.18 Å². The number of aryl methyl sites for hydroxylation is 1. The number of hydrogen-bond donors (Lipinski definition) is 1. The molecule has 0 unspecified atom stereocenters. The van der Waals surface area contributed by atoms with Crippen LogP contribution in [0.3, 0.4) is 0 Å². The van der Waals surface area contributed by atoms with Crippen molar-refractivity contribution in [2.75, 3.05) is 0 Å². The predicted molar refractivity (Wildman–Crippen MR) is 73.9 cm³/mol. The molecule has 0 amide bonds. The third-order valence-electron chi connectivity index (χ3n) is 2.74. The van der Waals surface area contributed by atoms with E-state index in [9.17, 15) is 9.18 Å². The van der Waals surface area contributed by atoms with Crippen LogP contribution in [-0.4, -0.2) is 11.1 Å². The number of carboxylic acids is 1. The Balaban J connectivity index is 2.14. The summed E-state index contributed by atoms with van der Waals surface area (Å²) in [5, 5.41) is 9.50. The van der Waals surface area contributed by atoms with Crippen molar-refractivity contribution < 1.29 is 19.0 Å². The average Bonchev–Trinajstić information content (AvgIpc) is 2.39. The average molecular weight is 295 g/mol. The van der Waals surface area contributed by atoms with E-state index in [1.807, 2.05) is 6.92 Å². The van der Waals surface area contributed by atoms with Crippen LogP contribution in [0, 0.1) is 12.7 Å². The van der Waals surface area contributed by atoms with E-state index < -0.39 is 11.8 Å². The molecule has 0 atom stereocenters. The highest BCUT2D eigenvalue weighted by atomic mass is 35.5. The van der Waals surface area contributed by atoms with E-state index in [-0.39, 0.29) is 12.2 Å². The molecule has 0 radical (unpaired) electrons. The van der Waals surface area contributed by atoms with Crippen molar-refractivity contribution in [1.82, 2.24) is 0 Å². The lowest BCUT2D eigenvalue weighted by molar-refractivity contribution is 0.0696. The topological polar surface area (TPSA) is 46.5 Å². The van der Waals surface area contributed by atoms with E-state index in [4.69, 9.17) is 21.4 Å². The molecule has 0 bridgehead atoms. The maximum Gasteiger partial charge on any atom is 0.335 e. The Hall–Kier alpha value is -2.07. The fourth-order valence-electron chi connectivity index (χ4n) is 1.73. The normalized spacial score (nSPS) is 10.3. The Labute approximate surface area is 120 Å². The number of ether oxygens (including phenoxy) is 1. The number of benzene rings is 2. The van der Waals surface area contributed by atoms with Crippen molar-refractivity contribution in [3.05, 3.63) is 63.9 Å². The van der Waals surface area contributed by atoms with Crippen LogP contribution in [0.2, 0.25) is 5.02 Å². The molecule has 2 aromatic carbocycles. The van der Waals surface area contributed by atoms with Crippen LogP contribution in [0.15, 0.2) is 36.4 Å². The molecule has 0 aliphatic heterocycles. The van der Waals surface area contributed by atoms with E-state index in [0.29, 0.717) is 16.3 Å². The SMILES string of the molecule is Cc1cc(OCc2cc(F)cc(C(=O)O)c2)ccc1Cl. The summed E-state index contributed by atoms with van der Waals surface area (Å²) in [6.45, 7) is 1.93. The summed E-state index contributed by atoms with van der Waals surface area (Å²) in [5.74, 6) is -1.18. The Morgan fingerprint density at radius 3 is 2.70 bits per heavy atom. The van der Waals surface area contributed by atoms with Crippen molar-refractivity contribution in [2.24, 2.45) is 0 Å². The van der Waals surface area contributed by atoms with Gasteiger partial charge in [0, 0.05) is 5.02 Å². The maximum absolute atomic E-state index is 13.3. The van der Waals surface area contributed by atoms with Gasteiger partial charge in [0.2, 0.25) is 0 Å². The Bertz CT molecular complexity index is 656. The molecule has 2 rings (SSSR count). The molecule has 0 saturated carbocycles. The van der Waals surface area contributed by atoms with Gasteiger partial charge in [-0.15, -0.1) is 0 Å². The molecular formula is C15H12ClFO3. The minimum absolute atomic E-state index is 0.0825. The minimum atomic E-state index is -1.17. The molecule has 2 aromatic rings. The number of carbonyl (C=O) groups is 1. The summed E-state index contributed by atoms with van der Waals surface area (Å²) in [4.78, 5) is 10.8. The van der Waals surface area contributed by atoms with Crippen molar-refractivity contribution in [1.29, 1.82) is 0 Å². The molecular weight excluding hydrogens is 283 g/mol. The second kappa shape index (κ2) is 5.92. The molecule has 0 saturated heterocycles. The fraction of sp³-hybridized carbons (Fsp3) is 0.133. The van der Waals surface area contributed by atoms with Gasteiger partial charge in [0.05, 0.1) is 5.56 Å². The predicted octanol–water partition coefficient (Wildman–Crippen LogP) is 4.06. The van der Waals surface area contributed by atoms with E-state index in [1.54, 1.807) is 18.2 Å². The molecule has 104 valence electrons. The largest absolute Gasteiger partial charge is 0.489 e. The molecule has 3 nitrogen and oxygen atoms in total. The molecule has 5 heteroatoms. The third kappa shape index (κ3) is 3.48. The highest BCUT2D eigenvalue weighted by Crippen LogP contribution is 2.22. The highest BCUT2D eigenvalue weighted by molar-refractivity contribution is 6.31. The van der Waals surface area contributed by atoms with Crippen LogP contribution in [0.1, 0.15) is 21.5 Å². The van der Waals surface area contributed by atoms with E-state index in [0.717, 1.165) is 11.6 Å². The van der Waals surface area contributed by atoms with Crippen LogP contribution in [-0.2, 0) is 6.61 Å². The monoisotopic (exact) mass is 294 g/mol. The van der Waals surface area contributed by atoms with Crippen LogP contribution < -0.4 is 4.74 Å². The van der Waals surface area contributed by atoms with Crippen LogP contribution in [0.5, 0.6) is 5.75 Å². The number of rotatable bonds is 4. The van der Waals surface area contributed by atoms with Gasteiger partial charge < -0.3 is 9.84 Å². The first-order chi connectivity index (χ1) is 9.45. The lowest BCUT2D eigenvalue weighted by Crippen LogP contribution is -2.02. The third-order valence-corrected chi connectivity index (χ3v) is 3.16. The first-order valence-corrected chi connectivity index (χ1v) is 6.25. The van der Waals surface area contributed by atoms with E-state index in [2.05, 4.69) is 0 Å². The van der Waals surface area contributed by atoms with E-state index in [1.165, 1.54) is 12.1 Å². The minimum Gasteiger partial charge on any atom is -0.489 e. The van der Waals surface area contributed by atoms with Gasteiger partial charge in [-0.1, -0.05) is 11.6 Å². The lowest BCUT2D eigenvalue weighted by Gasteiger charge is -2.08. The van der Waals surface area contributed by atoms with Crippen LogP contribution in [0.4, 0.5) is 4.39 Å². The Kier molecular flexibility index (Phi) is 4.25. The zero-order valence-electron chi connectivity index (χ0n) is 10.7. The second-order valence-electron chi connectivity index (χ2n) is 4.35. The smallest absolute Gasteiger partial charge is 0.335 e. The van der Waals surface area contributed by atoms with Crippen molar-refractivity contribution >= 4 is 17.6 Å². The quantitative estimate of drug-likeness (QED) is 0.925. The van der Waals surface area contributed by atoms with Gasteiger partial charge in [0.1, 0.15) is 18.2 Å². The zero-order chi connectivity index (χ0) is 14.7. The molecule has 0 aliphatic rings. The van der Waals surface area contributed by atoms with Gasteiger partial charge in [-0.05, 0) is 54.4 Å². The standard InChI is InChI=1S/C15H12ClFO3/c1-9-4-13(2-3-14(9)16)20-8-10-5-11(15(18)19)7-12(17)6-10/h2-7H,8H2,1H3,(H,18,19). The summed E-state index contributed by atoms with van der Waals surface area (Å²) in [7, 11) is 0. The van der Waals surface area contributed by atoms with Gasteiger partial charge in [0.15, 0.2) is 0 Å². The summed E-state index contributed by atoms with van der Waals surface area (Å²) in [5.41, 5.74) is 1.22. The zero-order valence-corrected chi connectivity index (χ0v) is 11.4. The van der Waals surface area contributed by atoms with E-state index >= 15 is 0 Å². The van der Waals surface area contributed by atoms with Gasteiger partial charge >= 0.3 is 5.97 Å². The molecule has 0 spiro atoms. The molecule has 0 aromatic heterocycles. The first kappa shape index (κ1) is 14.3. The van der Waals surface area contributed by atoms with Gasteiger partial charge in [-0.3, -0.25) is 0 Å². The van der Waals surface area contributed by atoms with Crippen molar-refractivity contribution in [3.8, 4) is 5.75 Å². The van der Waals surface area contributed by atoms with Gasteiger partial charge in [0.25, 0.3) is 0 Å². The summed E-state index contributed by atoms with van der Waals surface area (Å²) >= 11 is 5.90. The molecule has 1 N–H and O–H groups in total. The molecule has 0 heterocycles. The summed E-state index contributed by atoms with van der Waals surface area (Å²) in [6.07, 6.45) is 0. The number of carboxylic acid groups (broad SMARTS) is 1. The number of aromatic carboxylic acids is 1. The first-order valence-electron chi connectivity index (χ1n) is 5.87. The fourth-order valence-corrected chi connectivity index (χ4v) is 1.85. The maximum atomic E-state index is 13.3. The summed E-state index contributed by atoms with van der Waals surface area (Å²) < 4.78 is 18.8. The van der Waals surface area contributed by atoms with Crippen LogP contribution >= 0.6 is 11.6 Å².